The molecule has 2 nitrogen and oxygen atoms in total. The Labute approximate surface area is 87.8 Å². The lowest BCUT2D eigenvalue weighted by atomic mass is 10.1. The Bertz CT molecular complexity index is 378. The molecule has 15 heavy (non-hydrogen) atoms. The molecule has 0 radical (unpaired) electrons. The smallest absolute Gasteiger partial charge is 0.397 e. The van der Waals surface area contributed by atoms with Gasteiger partial charge in [-0.15, -0.1) is 0 Å². The van der Waals surface area contributed by atoms with E-state index in [0.717, 1.165) is 6.07 Å². The van der Waals surface area contributed by atoms with Crippen molar-refractivity contribution in [1.29, 1.82) is 0 Å². The van der Waals surface area contributed by atoms with Crippen molar-refractivity contribution >= 4 is 17.3 Å². The molecule has 84 valence electrons. The number of hydrogen-bond acceptors (Lipinski definition) is 2. The van der Waals surface area contributed by atoms with Gasteiger partial charge in [-0.2, -0.15) is 13.2 Å². The van der Waals surface area contributed by atoms with Gasteiger partial charge in [0.25, 0.3) is 0 Å². The highest BCUT2D eigenvalue weighted by Crippen LogP contribution is 2.34. The maximum Gasteiger partial charge on any atom is 0.407 e. The molecule has 0 amide bonds. The highest BCUT2D eigenvalue weighted by molar-refractivity contribution is 6.33. The van der Waals surface area contributed by atoms with E-state index in [1.807, 2.05) is 0 Å². The summed E-state index contributed by atoms with van der Waals surface area (Å²) in [6.45, 7) is 0. The maximum absolute atomic E-state index is 13.1. The van der Waals surface area contributed by atoms with Crippen molar-refractivity contribution in [2.24, 2.45) is 5.73 Å². The van der Waals surface area contributed by atoms with E-state index in [9.17, 15) is 17.6 Å². The molecule has 0 heterocycles. The zero-order chi connectivity index (χ0) is 11.8. The second-order valence-electron chi connectivity index (χ2n) is 2.91. The summed E-state index contributed by atoms with van der Waals surface area (Å²) in [7, 11) is 0. The molecule has 4 N–H and O–H groups in total. The van der Waals surface area contributed by atoms with Crippen LogP contribution in [0.1, 0.15) is 11.6 Å². The largest absolute Gasteiger partial charge is 0.407 e. The molecule has 7 heteroatoms. The minimum absolute atomic E-state index is 0.132. The average Bonchev–Trinajstić information content (AvgIpc) is 2.08. The number of anilines is 1. The molecule has 0 saturated carbocycles. The maximum atomic E-state index is 13.1. The molecule has 0 bridgehead atoms. The lowest BCUT2D eigenvalue weighted by Crippen LogP contribution is -2.29. The predicted octanol–water partition coefficient (Wildman–Crippen LogP) is 2.62. The van der Waals surface area contributed by atoms with E-state index in [0.29, 0.717) is 6.07 Å². The quantitative estimate of drug-likeness (QED) is 0.588. The molecule has 1 atom stereocenters. The fraction of sp³-hybridized carbons (Fsp3) is 0.250. The topological polar surface area (TPSA) is 52.0 Å². The number of hydrogen-bond donors (Lipinski definition) is 2. The number of nitrogens with two attached hydrogens (primary N) is 2. The molecule has 1 aromatic rings. The van der Waals surface area contributed by atoms with Crippen molar-refractivity contribution in [1.82, 2.24) is 0 Å². The van der Waals surface area contributed by atoms with Crippen LogP contribution >= 0.6 is 11.6 Å². The third-order valence-corrected chi connectivity index (χ3v) is 2.13. The fourth-order valence-electron chi connectivity index (χ4n) is 0.992. The molecule has 0 unspecified atom stereocenters. The number of halogens is 5. The van der Waals surface area contributed by atoms with Gasteiger partial charge in [0, 0.05) is 5.56 Å². The van der Waals surface area contributed by atoms with Gasteiger partial charge in [0.15, 0.2) is 0 Å². The van der Waals surface area contributed by atoms with Crippen LogP contribution in [0.15, 0.2) is 12.1 Å². The van der Waals surface area contributed by atoms with Gasteiger partial charge in [-0.3, -0.25) is 0 Å². The summed E-state index contributed by atoms with van der Waals surface area (Å²) in [4.78, 5) is 0. The van der Waals surface area contributed by atoms with E-state index in [4.69, 9.17) is 23.1 Å². The summed E-state index contributed by atoms with van der Waals surface area (Å²) < 4.78 is 49.6. The van der Waals surface area contributed by atoms with E-state index in [-0.39, 0.29) is 10.7 Å². The normalized spacial score (nSPS) is 14.0. The lowest BCUT2D eigenvalue weighted by molar-refractivity contribution is -0.149. The second-order valence-corrected chi connectivity index (χ2v) is 3.32. The molecule has 0 spiro atoms. The molecule has 1 rings (SSSR count). The zero-order valence-electron chi connectivity index (χ0n) is 7.28. The van der Waals surface area contributed by atoms with Crippen LogP contribution in [0.25, 0.3) is 0 Å². The molecular weight excluding hydrogens is 236 g/mol. The molecule has 0 aliphatic heterocycles. The number of benzene rings is 1. The van der Waals surface area contributed by atoms with E-state index in [2.05, 4.69) is 0 Å². The first-order valence-electron chi connectivity index (χ1n) is 3.80. The molecule has 0 fully saturated rings. The average molecular weight is 243 g/mol. The van der Waals surface area contributed by atoms with Crippen molar-refractivity contribution in [3.8, 4) is 0 Å². The van der Waals surface area contributed by atoms with Gasteiger partial charge in [-0.05, 0) is 12.1 Å². The van der Waals surface area contributed by atoms with Gasteiger partial charge in [-0.1, -0.05) is 11.6 Å². The lowest BCUT2D eigenvalue weighted by Gasteiger charge is -2.17. The Kier molecular flexibility index (Phi) is 3.11. The standard InChI is InChI=1S/C8H7ClF4N2/c9-4-1-3(5(10)2-6(4)14)7(15)8(11,12)13/h1-2,7H,14-15H2/t7-/m0/s1. The number of nitrogen functional groups attached to an aromatic ring is 1. The molecule has 1 aromatic carbocycles. The van der Waals surface area contributed by atoms with Gasteiger partial charge >= 0.3 is 6.18 Å². The van der Waals surface area contributed by atoms with Crippen LogP contribution in [0.5, 0.6) is 0 Å². The summed E-state index contributed by atoms with van der Waals surface area (Å²) in [6.07, 6.45) is -4.72. The second kappa shape index (κ2) is 3.86. The van der Waals surface area contributed by atoms with Crippen molar-refractivity contribution in [2.75, 3.05) is 5.73 Å². The summed E-state index contributed by atoms with van der Waals surface area (Å²) in [5.41, 5.74) is 9.18. The summed E-state index contributed by atoms with van der Waals surface area (Å²) in [5, 5.41) is -0.161. The van der Waals surface area contributed by atoms with Crippen molar-refractivity contribution in [3.05, 3.63) is 28.5 Å². The van der Waals surface area contributed by atoms with Crippen LogP contribution in [0.2, 0.25) is 5.02 Å². The Morgan fingerprint density at radius 3 is 2.27 bits per heavy atom. The van der Waals surface area contributed by atoms with Crippen molar-refractivity contribution in [2.45, 2.75) is 12.2 Å². The molecule has 0 aromatic heterocycles. The summed E-state index contributed by atoms with van der Waals surface area (Å²) in [5.74, 6) is -1.12. The third kappa shape index (κ3) is 2.51. The summed E-state index contributed by atoms with van der Waals surface area (Å²) >= 11 is 5.47. The molecular formula is C8H7ClF4N2. The van der Waals surface area contributed by atoms with E-state index in [1.165, 1.54) is 0 Å². The monoisotopic (exact) mass is 242 g/mol. The van der Waals surface area contributed by atoms with Gasteiger partial charge in [-0.25, -0.2) is 4.39 Å². The highest BCUT2D eigenvalue weighted by atomic mass is 35.5. The minimum Gasteiger partial charge on any atom is -0.397 e. The van der Waals surface area contributed by atoms with Crippen LogP contribution < -0.4 is 11.5 Å². The third-order valence-electron chi connectivity index (χ3n) is 1.80. The highest BCUT2D eigenvalue weighted by Gasteiger charge is 2.39. The first-order valence-corrected chi connectivity index (χ1v) is 4.18. The van der Waals surface area contributed by atoms with Crippen LogP contribution in [-0.4, -0.2) is 6.18 Å². The Balaban J connectivity index is 3.21. The Hall–Kier alpha value is -1.01. The van der Waals surface area contributed by atoms with Crippen LogP contribution in [0, 0.1) is 5.82 Å². The first kappa shape index (κ1) is 12.1. The Morgan fingerprint density at radius 2 is 1.80 bits per heavy atom. The van der Waals surface area contributed by atoms with Crippen molar-refractivity contribution < 1.29 is 17.6 Å². The predicted molar refractivity (Wildman–Crippen MR) is 48.8 cm³/mol. The van der Waals surface area contributed by atoms with E-state index < -0.39 is 23.6 Å². The van der Waals surface area contributed by atoms with E-state index >= 15 is 0 Å². The molecule has 0 aliphatic carbocycles. The van der Waals surface area contributed by atoms with Gasteiger partial charge in [0.05, 0.1) is 10.7 Å². The molecule has 0 saturated heterocycles. The van der Waals surface area contributed by atoms with Crippen LogP contribution in [0.4, 0.5) is 23.2 Å². The van der Waals surface area contributed by atoms with Crippen LogP contribution in [0.3, 0.4) is 0 Å². The minimum atomic E-state index is -4.72. The summed E-state index contributed by atoms with van der Waals surface area (Å²) in [6, 6.07) is -0.913. The number of rotatable bonds is 1. The molecule has 0 aliphatic rings. The van der Waals surface area contributed by atoms with Crippen LogP contribution in [-0.2, 0) is 0 Å². The van der Waals surface area contributed by atoms with Gasteiger partial charge in [0.2, 0.25) is 0 Å². The Morgan fingerprint density at radius 1 is 1.27 bits per heavy atom. The SMILES string of the molecule is Nc1cc(F)c([C@H](N)C(F)(F)F)cc1Cl. The van der Waals surface area contributed by atoms with E-state index in [1.54, 1.807) is 0 Å². The first-order chi connectivity index (χ1) is 6.73. The number of alkyl halides is 3. The van der Waals surface area contributed by atoms with Gasteiger partial charge < -0.3 is 11.5 Å². The fourth-order valence-corrected chi connectivity index (χ4v) is 1.16. The van der Waals surface area contributed by atoms with Gasteiger partial charge in [0.1, 0.15) is 11.9 Å². The van der Waals surface area contributed by atoms with Crippen molar-refractivity contribution in [3.63, 3.8) is 0 Å². The zero-order valence-corrected chi connectivity index (χ0v) is 8.03.